The Morgan fingerprint density at radius 1 is 1.27 bits per heavy atom. The van der Waals surface area contributed by atoms with Gasteiger partial charge in [0.05, 0.1) is 6.61 Å². The third-order valence-electron chi connectivity index (χ3n) is 2.71. The third kappa shape index (κ3) is 4.53. The van der Waals surface area contributed by atoms with E-state index < -0.39 is 5.97 Å². The van der Waals surface area contributed by atoms with Crippen LogP contribution in [0.5, 0.6) is 17.2 Å². The number of aromatic hydroxyl groups is 1. The van der Waals surface area contributed by atoms with Gasteiger partial charge in [-0.3, -0.25) is 0 Å². The summed E-state index contributed by atoms with van der Waals surface area (Å²) >= 11 is 5.92. The molecule has 1 N–H and O–H groups in total. The fourth-order valence-electron chi connectivity index (χ4n) is 1.75. The van der Waals surface area contributed by atoms with Crippen molar-refractivity contribution >= 4 is 23.6 Å². The zero-order chi connectivity index (χ0) is 15.9. The number of ether oxygens (including phenoxy) is 2. The Kier molecular flexibility index (Phi) is 5.44. The minimum atomic E-state index is -0.440. The summed E-state index contributed by atoms with van der Waals surface area (Å²) in [5.41, 5.74) is 0.630. The van der Waals surface area contributed by atoms with Crippen molar-refractivity contribution < 1.29 is 19.4 Å². The van der Waals surface area contributed by atoms with Crippen molar-refractivity contribution in [3.05, 3.63) is 59.1 Å². The van der Waals surface area contributed by atoms with Gasteiger partial charge in [0.15, 0.2) is 0 Å². The van der Waals surface area contributed by atoms with E-state index in [1.54, 1.807) is 43.3 Å². The molecular weight excluding hydrogens is 304 g/mol. The SMILES string of the molecule is CCOC(=O)C=Cc1ccc(O)cc1Oc1cccc(Cl)c1. The van der Waals surface area contributed by atoms with Gasteiger partial charge in [-0.1, -0.05) is 17.7 Å². The van der Waals surface area contributed by atoms with E-state index in [4.69, 9.17) is 21.1 Å². The predicted molar refractivity (Wildman–Crippen MR) is 85.3 cm³/mol. The Bertz CT molecular complexity index is 695. The Hall–Kier alpha value is -2.46. The highest BCUT2D eigenvalue weighted by Gasteiger charge is 2.06. The monoisotopic (exact) mass is 318 g/mol. The molecular formula is C17H15ClO4. The molecule has 0 aromatic heterocycles. The lowest BCUT2D eigenvalue weighted by Crippen LogP contribution is -1.98. The third-order valence-corrected chi connectivity index (χ3v) is 2.94. The fourth-order valence-corrected chi connectivity index (χ4v) is 1.94. The highest BCUT2D eigenvalue weighted by atomic mass is 35.5. The topological polar surface area (TPSA) is 55.8 Å². The molecule has 0 bridgehead atoms. The molecule has 114 valence electrons. The molecule has 0 unspecified atom stereocenters. The molecule has 0 radical (unpaired) electrons. The Morgan fingerprint density at radius 3 is 2.82 bits per heavy atom. The summed E-state index contributed by atoms with van der Waals surface area (Å²) in [6.45, 7) is 2.05. The van der Waals surface area contributed by atoms with Crippen molar-refractivity contribution in [1.82, 2.24) is 0 Å². The summed E-state index contributed by atoms with van der Waals surface area (Å²) in [5, 5.41) is 10.2. The van der Waals surface area contributed by atoms with Crippen molar-refractivity contribution in [3.63, 3.8) is 0 Å². The maximum atomic E-state index is 11.4. The van der Waals surface area contributed by atoms with Crippen LogP contribution < -0.4 is 4.74 Å². The number of carbonyl (C=O) groups is 1. The second-order valence-electron chi connectivity index (χ2n) is 4.37. The van der Waals surface area contributed by atoms with Crippen LogP contribution in [0.25, 0.3) is 6.08 Å². The first-order chi connectivity index (χ1) is 10.6. The molecule has 0 spiro atoms. The number of hydrogen-bond acceptors (Lipinski definition) is 4. The molecule has 5 heteroatoms. The van der Waals surface area contributed by atoms with Gasteiger partial charge in [-0.15, -0.1) is 0 Å². The minimum Gasteiger partial charge on any atom is -0.508 e. The summed E-state index contributed by atoms with van der Waals surface area (Å²) in [7, 11) is 0. The second-order valence-corrected chi connectivity index (χ2v) is 4.80. The summed E-state index contributed by atoms with van der Waals surface area (Å²) in [4.78, 5) is 11.4. The van der Waals surface area contributed by atoms with Gasteiger partial charge >= 0.3 is 5.97 Å². The number of esters is 1. The Morgan fingerprint density at radius 2 is 2.09 bits per heavy atom. The molecule has 2 rings (SSSR count). The van der Waals surface area contributed by atoms with Crippen LogP contribution in [0.2, 0.25) is 5.02 Å². The van der Waals surface area contributed by atoms with Crippen LogP contribution in [-0.2, 0) is 9.53 Å². The summed E-state index contributed by atoms with van der Waals surface area (Å²) < 4.78 is 10.5. The molecule has 0 saturated heterocycles. The van der Waals surface area contributed by atoms with Crippen molar-refractivity contribution in [3.8, 4) is 17.2 Å². The van der Waals surface area contributed by atoms with Crippen molar-refractivity contribution in [2.24, 2.45) is 0 Å². The van der Waals surface area contributed by atoms with Gasteiger partial charge in [-0.2, -0.15) is 0 Å². The van der Waals surface area contributed by atoms with Gasteiger partial charge in [-0.25, -0.2) is 4.79 Å². The molecule has 0 atom stereocenters. The summed E-state index contributed by atoms with van der Waals surface area (Å²) in [6, 6.07) is 11.5. The standard InChI is InChI=1S/C17H15ClO4/c1-2-21-17(20)9-7-12-6-8-14(19)11-16(12)22-15-5-3-4-13(18)10-15/h3-11,19H,2H2,1H3. The van der Waals surface area contributed by atoms with Crippen LogP contribution in [0.4, 0.5) is 0 Å². The van der Waals surface area contributed by atoms with Crippen LogP contribution in [0.15, 0.2) is 48.5 Å². The lowest BCUT2D eigenvalue weighted by molar-refractivity contribution is -0.137. The van der Waals surface area contributed by atoms with E-state index in [-0.39, 0.29) is 5.75 Å². The Labute approximate surface area is 133 Å². The zero-order valence-corrected chi connectivity index (χ0v) is 12.7. The van der Waals surface area contributed by atoms with Gasteiger partial charge < -0.3 is 14.6 Å². The molecule has 0 heterocycles. The first-order valence-electron chi connectivity index (χ1n) is 6.69. The first-order valence-corrected chi connectivity index (χ1v) is 7.07. The maximum Gasteiger partial charge on any atom is 0.330 e. The van der Waals surface area contributed by atoms with E-state index in [0.717, 1.165) is 0 Å². The molecule has 0 saturated carbocycles. The molecule has 0 aliphatic carbocycles. The molecule has 2 aromatic carbocycles. The van der Waals surface area contributed by atoms with Crippen LogP contribution in [0, 0.1) is 0 Å². The van der Waals surface area contributed by atoms with Crippen molar-refractivity contribution in [2.75, 3.05) is 6.61 Å². The number of phenolic OH excluding ortho intramolecular Hbond substituents is 1. The van der Waals surface area contributed by atoms with Crippen LogP contribution >= 0.6 is 11.6 Å². The van der Waals surface area contributed by atoms with Gasteiger partial charge in [0.2, 0.25) is 0 Å². The van der Waals surface area contributed by atoms with E-state index >= 15 is 0 Å². The molecule has 0 fully saturated rings. The van der Waals surface area contributed by atoms with Gasteiger partial charge in [0, 0.05) is 22.7 Å². The molecule has 0 aliphatic heterocycles. The second kappa shape index (κ2) is 7.52. The van der Waals surface area contributed by atoms with E-state index in [1.165, 1.54) is 18.2 Å². The quantitative estimate of drug-likeness (QED) is 0.655. The highest BCUT2D eigenvalue weighted by molar-refractivity contribution is 6.30. The summed E-state index contributed by atoms with van der Waals surface area (Å²) in [6.07, 6.45) is 2.87. The van der Waals surface area contributed by atoms with Crippen molar-refractivity contribution in [2.45, 2.75) is 6.92 Å². The number of benzene rings is 2. The maximum absolute atomic E-state index is 11.4. The normalized spacial score (nSPS) is 10.6. The zero-order valence-electron chi connectivity index (χ0n) is 12.0. The number of rotatable bonds is 5. The molecule has 4 nitrogen and oxygen atoms in total. The van der Waals surface area contributed by atoms with Gasteiger partial charge in [-0.05, 0) is 43.3 Å². The number of halogens is 1. The van der Waals surface area contributed by atoms with Crippen LogP contribution in [0.1, 0.15) is 12.5 Å². The molecule has 22 heavy (non-hydrogen) atoms. The smallest absolute Gasteiger partial charge is 0.330 e. The highest BCUT2D eigenvalue weighted by Crippen LogP contribution is 2.31. The molecule has 0 aliphatic rings. The van der Waals surface area contributed by atoms with Crippen LogP contribution in [-0.4, -0.2) is 17.7 Å². The largest absolute Gasteiger partial charge is 0.508 e. The van der Waals surface area contributed by atoms with E-state index in [2.05, 4.69) is 0 Å². The van der Waals surface area contributed by atoms with Gasteiger partial charge in [0.25, 0.3) is 0 Å². The number of hydrogen-bond donors (Lipinski definition) is 1. The predicted octanol–water partition coefficient (Wildman–Crippen LogP) is 4.41. The average molecular weight is 319 g/mol. The van der Waals surface area contributed by atoms with Crippen molar-refractivity contribution in [1.29, 1.82) is 0 Å². The average Bonchev–Trinajstić information content (AvgIpc) is 2.47. The molecule has 0 amide bonds. The van der Waals surface area contributed by atoms with E-state index in [0.29, 0.717) is 28.7 Å². The fraction of sp³-hybridized carbons (Fsp3) is 0.118. The van der Waals surface area contributed by atoms with E-state index in [1.807, 2.05) is 0 Å². The number of carbonyl (C=O) groups excluding carboxylic acids is 1. The minimum absolute atomic E-state index is 0.0605. The molecule has 2 aromatic rings. The van der Waals surface area contributed by atoms with Gasteiger partial charge in [0.1, 0.15) is 17.2 Å². The summed E-state index contributed by atoms with van der Waals surface area (Å²) in [5.74, 6) is 0.557. The van der Waals surface area contributed by atoms with Crippen LogP contribution in [0.3, 0.4) is 0 Å². The first kappa shape index (κ1) is 15.9. The lowest BCUT2D eigenvalue weighted by atomic mass is 10.1. The Balaban J connectivity index is 2.26. The number of phenols is 1. The van der Waals surface area contributed by atoms with E-state index in [9.17, 15) is 9.90 Å². The lowest BCUT2D eigenvalue weighted by Gasteiger charge is -2.09.